The maximum atomic E-state index is 5.67. The van der Waals surface area contributed by atoms with Crippen molar-refractivity contribution in [2.75, 3.05) is 6.61 Å². The Labute approximate surface area is 94.8 Å². The van der Waals surface area contributed by atoms with E-state index in [2.05, 4.69) is 9.97 Å². The van der Waals surface area contributed by atoms with Crippen LogP contribution < -0.4 is 0 Å². The minimum atomic E-state index is 0.306. The van der Waals surface area contributed by atoms with E-state index in [4.69, 9.17) is 16.3 Å². The fourth-order valence-corrected chi connectivity index (χ4v) is 1.87. The van der Waals surface area contributed by atoms with Crippen molar-refractivity contribution < 1.29 is 4.74 Å². The predicted octanol–water partition coefficient (Wildman–Crippen LogP) is 2.33. The van der Waals surface area contributed by atoms with Crippen molar-refractivity contribution in [2.24, 2.45) is 0 Å². The molecule has 0 amide bonds. The molecule has 1 aliphatic rings. The molecule has 0 N–H and O–H groups in total. The quantitative estimate of drug-likeness (QED) is 0.742. The van der Waals surface area contributed by atoms with Crippen LogP contribution in [0.2, 0.25) is 0 Å². The van der Waals surface area contributed by atoms with Gasteiger partial charge in [0.05, 0.1) is 12.0 Å². The van der Waals surface area contributed by atoms with Crippen LogP contribution in [-0.2, 0) is 17.0 Å². The SMILES string of the molecule is ClCc1cnc(CC2CCCCO2)nc1. The molecule has 1 unspecified atom stereocenters. The molecule has 1 saturated heterocycles. The van der Waals surface area contributed by atoms with Crippen molar-refractivity contribution in [3.63, 3.8) is 0 Å². The molecule has 1 aromatic heterocycles. The Kier molecular flexibility index (Phi) is 3.92. The Hall–Kier alpha value is -0.670. The summed E-state index contributed by atoms with van der Waals surface area (Å²) < 4.78 is 5.63. The van der Waals surface area contributed by atoms with Crippen LogP contribution in [0, 0.1) is 0 Å². The number of hydrogen-bond acceptors (Lipinski definition) is 3. The molecule has 1 atom stereocenters. The van der Waals surface area contributed by atoms with Gasteiger partial charge in [-0.25, -0.2) is 9.97 Å². The topological polar surface area (TPSA) is 35.0 Å². The molecule has 1 aliphatic heterocycles. The van der Waals surface area contributed by atoms with E-state index in [9.17, 15) is 0 Å². The Balaban J connectivity index is 1.91. The highest BCUT2D eigenvalue weighted by Crippen LogP contribution is 2.15. The Morgan fingerprint density at radius 1 is 1.33 bits per heavy atom. The van der Waals surface area contributed by atoms with Gasteiger partial charge in [0.25, 0.3) is 0 Å². The third-order valence-corrected chi connectivity index (χ3v) is 2.91. The van der Waals surface area contributed by atoms with Gasteiger partial charge in [0.2, 0.25) is 0 Å². The van der Waals surface area contributed by atoms with Crippen LogP contribution in [0.15, 0.2) is 12.4 Å². The molecule has 0 spiro atoms. The van der Waals surface area contributed by atoms with Crippen LogP contribution >= 0.6 is 11.6 Å². The van der Waals surface area contributed by atoms with Crippen molar-refractivity contribution >= 4 is 11.6 Å². The van der Waals surface area contributed by atoms with E-state index in [-0.39, 0.29) is 0 Å². The number of alkyl halides is 1. The van der Waals surface area contributed by atoms with E-state index in [1.54, 1.807) is 12.4 Å². The number of aromatic nitrogens is 2. The second kappa shape index (κ2) is 5.42. The summed E-state index contributed by atoms with van der Waals surface area (Å²) in [4.78, 5) is 8.54. The summed E-state index contributed by atoms with van der Waals surface area (Å²) in [6.07, 6.45) is 8.27. The number of ether oxygens (including phenoxy) is 1. The molecular formula is C11H15ClN2O. The van der Waals surface area contributed by atoms with Gasteiger partial charge in [-0.1, -0.05) is 0 Å². The van der Waals surface area contributed by atoms with Crippen molar-refractivity contribution in [1.29, 1.82) is 0 Å². The lowest BCUT2D eigenvalue weighted by Crippen LogP contribution is -2.22. The van der Waals surface area contributed by atoms with E-state index >= 15 is 0 Å². The van der Waals surface area contributed by atoms with Crippen molar-refractivity contribution in [1.82, 2.24) is 9.97 Å². The minimum Gasteiger partial charge on any atom is -0.378 e. The zero-order chi connectivity index (χ0) is 10.5. The van der Waals surface area contributed by atoms with Crippen molar-refractivity contribution in [3.05, 3.63) is 23.8 Å². The van der Waals surface area contributed by atoms with E-state index in [1.807, 2.05) is 0 Å². The Bertz CT molecular complexity index is 296. The molecule has 0 radical (unpaired) electrons. The third kappa shape index (κ3) is 3.14. The highest BCUT2D eigenvalue weighted by molar-refractivity contribution is 6.17. The summed E-state index contributed by atoms with van der Waals surface area (Å²) in [5.41, 5.74) is 0.963. The fourth-order valence-electron chi connectivity index (χ4n) is 1.73. The monoisotopic (exact) mass is 226 g/mol. The van der Waals surface area contributed by atoms with E-state index in [1.165, 1.54) is 12.8 Å². The first kappa shape index (κ1) is 10.8. The van der Waals surface area contributed by atoms with E-state index in [0.29, 0.717) is 12.0 Å². The molecular weight excluding hydrogens is 212 g/mol. The molecule has 3 nitrogen and oxygen atoms in total. The third-order valence-electron chi connectivity index (χ3n) is 2.60. The van der Waals surface area contributed by atoms with Gasteiger partial charge in [-0.15, -0.1) is 11.6 Å². The second-order valence-corrected chi connectivity index (χ2v) is 4.10. The number of hydrogen-bond donors (Lipinski definition) is 0. The van der Waals surface area contributed by atoms with Crippen LogP contribution in [0.4, 0.5) is 0 Å². The zero-order valence-corrected chi connectivity index (χ0v) is 9.41. The number of halogens is 1. The average molecular weight is 227 g/mol. The number of nitrogens with zero attached hydrogens (tertiary/aromatic N) is 2. The highest BCUT2D eigenvalue weighted by Gasteiger charge is 2.15. The Morgan fingerprint density at radius 3 is 2.73 bits per heavy atom. The van der Waals surface area contributed by atoms with Gasteiger partial charge in [0.15, 0.2) is 0 Å². The summed E-state index contributed by atoms with van der Waals surface area (Å²) in [6.45, 7) is 0.879. The maximum absolute atomic E-state index is 5.67. The average Bonchev–Trinajstić information content (AvgIpc) is 2.31. The molecule has 4 heteroatoms. The summed E-state index contributed by atoms with van der Waals surface area (Å²) in [5, 5.41) is 0. The van der Waals surface area contributed by atoms with Crippen LogP contribution in [0.1, 0.15) is 30.7 Å². The molecule has 15 heavy (non-hydrogen) atoms. The first-order valence-electron chi connectivity index (χ1n) is 5.36. The van der Waals surface area contributed by atoms with Crippen LogP contribution in [-0.4, -0.2) is 22.7 Å². The molecule has 82 valence electrons. The lowest BCUT2D eigenvalue weighted by Gasteiger charge is -2.21. The summed E-state index contributed by atoms with van der Waals surface area (Å²) in [6, 6.07) is 0. The smallest absolute Gasteiger partial charge is 0.130 e. The first-order valence-corrected chi connectivity index (χ1v) is 5.89. The molecule has 0 saturated carbocycles. The maximum Gasteiger partial charge on any atom is 0.130 e. The van der Waals surface area contributed by atoms with Crippen LogP contribution in [0.5, 0.6) is 0 Å². The largest absolute Gasteiger partial charge is 0.378 e. The van der Waals surface area contributed by atoms with Gasteiger partial charge in [0, 0.05) is 31.0 Å². The first-order chi connectivity index (χ1) is 7.38. The normalized spacial score (nSPS) is 21.5. The van der Waals surface area contributed by atoms with Crippen molar-refractivity contribution in [3.8, 4) is 0 Å². The van der Waals surface area contributed by atoms with Gasteiger partial charge < -0.3 is 4.74 Å². The van der Waals surface area contributed by atoms with Gasteiger partial charge in [-0.2, -0.15) is 0 Å². The van der Waals surface area contributed by atoms with Crippen LogP contribution in [0.25, 0.3) is 0 Å². The lowest BCUT2D eigenvalue weighted by atomic mass is 10.1. The second-order valence-electron chi connectivity index (χ2n) is 3.83. The Morgan fingerprint density at radius 2 is 2.13 bits per heavy atom. The molecule has 0 aliphatic carbocycles. The van der Waals surface area contributed by atoms with Crippen molar-refractivity contribution in [2.45, 2.75) is 37.7 Å². The summed E-state index contributed by atoms with van der Waals surface area (Å²) in [7, 11) is 0. The molecule has 1 fully saturated rings. The van der Waals surface area contributed by atoms with E-state index in [0.717, 1.165) is 30.8 Å². The van der Waals surface area contributed by atoms with E-state index < -0.39 is 0 Å². The molecule has 0 aromatic carbocycles. The van der Waals surface area contributed by atoms with Gasteiger partial charge in [-0.3, -0.25) is 0 Å². The predicted molar refractivity (Wildman–Crippen MR) is 58.9 cm³/mol. The molecule has 1 aromatic rings. The van der Waals surface area contributed by atoms with Gasteiger partial charge in [0.1, 0.15) is 5.82 Å². The molecule has 0 bridgehead atoms. The highest BCUT2D eigenvalue weighted by atomic mass is 35.5. The number of rotatable bonds is 3. The van der Waals surface area contributed by atoms with Gasteiger partial charge >= 0.3 is 0 Å². The van der Waals surface area contributed by atoms with Gasteiger partial charge in [-0.05, 0) is 19.3 Å². The molecule has 2 heterocycles. The lowest BCUT2D eigenvalue weighted by molar-refractivity contribution is 0.0156. The standard InChI is InChI=1S/C11H15ClN2O/c12-6-9-7-13-11(14-8-9)5-10-3-1-2-4-15-10/h7-8,10H,1-6H2. The minimum absolute atomic E-state index is 0.306. The summed E-state index contributed by atoms with van der Waals surface area (Å²) >= 11 is 5.67. The fraction of sp³-hybridized carbons (Fsp3) is 0.636. The van der Waals surface area contributed by atoms with Crippen LogP contribution in [0.3, 0.4) is 0 Å². The molecule has 2 rings (SSSR count). The zero-order valence-electron chi connectivity index (χ0n) is 8.66. The summed E-state index contributed by atoms with van der Waals surface area (Å²) in [5.74, 6) is 1.33.